The van der Waals surface area contributed by atoms with Gasteiger partial charge in [0, 0.05) is 25.7 Å². The first-order chi connectivity index (χ1) is 17.4. The van der Waals surface area contributed by atoms with Crippen molar-refractivity contribution in [2.75, 3.05) is 39.7 Å². The van der Waals surface area contributed by atoms with Gasteiger partial charge in [-0.05, 0) is 57.0 Å². The van der Waals surface area contributed by atoms with E-state index >= 15 is 0 Å². The minimum absolute atomic E-state index is 0.0810. The van der Waals surface area contributed by atoms with E-state index < -0.39 is 64.4 Å². The van der Waals surface area contributed by atoms with Gasteiger partial charge in [-0.3, -0.25) is 28.9 Å². The smallest absolute Gasteiger partial charge is 0.235 e. The van der Waals surface area contributed by atoms with Gasteiger partial charge in [-0.25, -0.2) is 0 Å². The summed E-state index contributed by atoms with van der Waals surface area (Å²) in [6.45, 7) is 2.42. The summed E-state index contributed by atoms with van der Waals surface area (Å²) in [4.78, 5) is 70.0. The van der Waals surface area contributed by atoms with Crippen LogP contribution in [0, 0.1) is 23.7 Å². The first kappa shape index (κ1) is 26.9. The number of fused-ring (bicyclic) bond motifs is 3. The minimum Gasteiger partial charge on any atom is -0.493 e. The number of ether oxygens (including phenoxy) is 1. The number of anilines is 1. The van der Waals surface area contributed by atoms with Crippen LogP contribution in [0.25, 0.3) is 0 Å². The summed E-state index contributed by atoms with van der Waals surface area (Å²) in [5, 5.41) is 11.7. The number of nitrogens with two attached hydrogens (primary N) is 1. The highest BCUT2D eigenvalue weighted by Gasteiger charge is 2.69. The zero-order chi connectivity index (χ0) is 27.4. The quantitative estimate of drug-likeness (QED) is 0.391. The van der Waals surface area contributed by atoms with Crippen LogP contribution >= 0.6 is 0 Å². The molecule has 2 unspecified atom stereocenters. The Balaban J connectivity index is 1.85. The van der Waals surface area contributed by atoms with Crippen LogP contribution in [0.15, 0.2) is 12.1 Å². The Morgan fingerprint density at radius 3 is 2.38 bits per heavy atom. The summed E-state index contributed by atoms with van der Waals surface area (Å²) in [6, 6.07) is 2.50. The monoisotopic (exact) mass is 513 g/mol. The number of primary amides is 1. The number of hydrogen-bond acceptors (Lipinski definition) is 9. The highest BCUT2D eigenvalue weighted by atomic mass is 16.5. The molecule has 37 heavy (non-hydrogen) atoms. The lowest BCUT2D eigenvalue weighted by Crippen LogP contribution is -2.74. The Bertz CT molecular complexity index is 1180. The maximum absolute atomic E-state index is 14.0. The molecule has 0 saturated heterocycles. The van der Waals surface area contributed by atoms with Crippen LogP contribution in [-0.4, -0.2) is 85.5 Å². The summed E-state index contributed by atoms with van der Waals surface area (Å²) in [6.07, 6.45) is 2.11. The fourth-order valence-corrected chi connectivity index (χ4v) is 6.44. The Labute approximate surface area is 216 Å². The summed E-state index contributed by atoms with van der Waals surface area (Å²) >= 11 is 0. The molecule has 3 N–H and O–H groups in total. The van der Waals surface area contributed by atoms with Gasteiger partial charge < -0.3 is 20.5 Å². The molecule has 10 nitrogen and oxygen atoms in total. The van der Waals surface area contributed by atoms with E-state index in [1.165, 1.54) is 4.90 Å². The second-order valence-electron chi connectivity index (χ2n) is 10.8. The van der Waals surface area contributed by atoms with Gasteiger partial charge in [0.2, 0.25) is 5.91 Å². The van der Waals surface area contributed by atoms with Crippen molar-refractivity contribution in [3.63, 3.8) is 0 Å². The Morgan fingerprint density at radius 2 is 1.81 bits per heavy atom. The number of likely N-dealkylation sites (N-methyl/N-ethyl adjacent to an activating group) is 1. The number of nitrogens with zero attached hydrogens (tertiary/aromatic N) is 2. The summed E-state index contributed by atoms with van der Waals surface area (Å²) in [5.74, 6) is -9.17. The number of amides is 1. The van der Waals surface area contributed by atoms with Crippen molar-refractivity contribution >= 4 is 34.7 Å². The predicted octanol–water partition coefficient (Wildman–Crippen LogP) is 0.406. The number of ketones is 4. The second kappa shape index (κ2) is 9.64. The van der Waals surface area contributed by atoms with E-state index in [1.54, 1.807) is 20.2 Å². The normalized spacial score (nSPS) is 31.1. The van der Waals surface area contributed by atoms with Crippen LogP contribution in [0.3, 0.4) is 0 Å². The van der Waals surface area contributed by atoms with Gasteiger partial charge in [0.1, 0.15) is 5.75 Å². The third-order valence-corrected chi connectivity index (χ3v) is 8.14. The molecule has 4 rings (SSSR count). The molecule has 3 aliphatic carbocycles. The number of unbranched alkanes of at least 4 members (excludes halogenated alkanes) is 1. The highest BCUT2D eigenvalue weighted by molar-refractivity contribution is 6.32. The van der Waals surface area contributed by atoms with Crippen molar-refractivity contribution in [3.05, 3.63) is 23.3 Å². The molecule has 1 aromatic carbocycles. The Hall–Kier alpha value is -3.11. The molecule has 1 aromatic rings. The molecule has 200 valence electrons. The first-order valence-corrected chi connectivity index (χ1v) is 12.7. The molecule has 2 fully saturated rings. The number of rotatable bonds is 7. The first-order valence-electron chi connectivity index (χ1n) is 12.7. The molecule has 2 saturated carbocycles. The van der Waals surface area contributed by atoms with Crippen molar-refractivity contribution in [1.29, 1.82) is 0 Å². The molecule has 0 bridgehead atoms. The lowest BCUT2D eigenvalue weighted by Gasteiger charge is -2.52. The van der Waals surface area contributed by atoms with Crippen molar-refractivity contribution < 1.29 is 33.8 Å². The van der Waals surface area contributed by atoms with Crippen molar-refractivity contribution in [1.82, 2.24) is 4.90 Å². The maximum Gasteiger partial charge on any atom is 0.235 e. The average Bonchev–Trinajstić information content (AvgIpc) is 2.81. The number of carbonyl (C=O) groups excluding carboxylic acids is 5. The largest absolute Gasteiger partial charge is 0.493 e. The molecule has 0 aliphatic heterocycles. The fraction of sp³-hybridized carbons (Fsp3) is 0.593. The van der Waals surface area contributed by atoms with E-state index in [0.717, 1.165) is 24.1 Å². The van der Waals surface area contributed by atoms with Crippen LogP contribution in [0.5, 0.6) is 5.75 Å². The van der Waals surface area contributed by atoms with E-state index in [2.05, 4.69) is 0 Å². The lowest BCUT2D eigenvalue weighted by atomic mass is 9.52. The van der Waals surface area contributed by atoms with E-state index in [0.29, 0.717) is 18.8 Å². The van der Waals surface area contributed by atoms with Crippen molar-refractivity contribution in [2.24, 2.45) is 29.4 Å². The van der Waals surface area contributed by atoms with E-state index in [1.807, 2.05) is 32.0 Å². The van der Waals surface area contributed by atoms with E-state index in [-0.39, 0.29) is 12.0 Å². The number of Topliss-reactive ketones (excluding diaryl/α,β-unsaturated/α-hetero) is 4. The molecular formula is C27H35N3O7. The molecule has 0 aromatic heterocycles. The zero-order valence-corrected chi connectivity index (χ0v) is 21.9. The van der Waals surface area contributed by atoms with Crippen LogP contribution in [0.2, 0.25) is 0 Å². The van der Waals surface area contributed by atoms with Crippen LogP contribution in [0.1, 0.15) is 42.1 Å². The minimum atomic E-state index is -2.67. The Kier molecular flexibility index (Phi) is 7.02. The number of aliphatic hydroxyl groups is 1. The topological polar surface area (TPSA) is 147 Å². The third-order valence-electron chi connectivity index (χ3n) is 8.14. The van der Waals surface area contributed by atoms with Gasteiger partial charge in [0.05, 0.1) is 24.1 Å². The summed E-state index contributed by atoms with van der Waals surface area (Å²) in [5.41, 5.74) is 4.55. The molecule has 0 heterocycles. The molecule has 6 atom stereocenters. The molecule has 3 aliphatic rings. The highest BCUT2D eigenvalue weighted by Crippen LogP contribution is 2.51. The molecular weight excluding hydrogens is 478 g/mol. The van der Waals surface area contributed by atoms with Gasteiger partial charge in [0.15, 0.2) is 34.7 Å². The fourth-order valence-electron chi connectivity index (χ4n) is 6.44. The third kappa shape index (κ3) is 3.97. The maximum atomic E-state index is 14.0. The number of carbonyl (C=O) groups is 5. The van der Waals surface area contributed by atoms with Crippen molar-refractivity contribution in [3.8, 4) is 5.75 Å². The van der Waals surface area contributed by atoms with Crippen LogP contribution in [0.4, 0.5) is 5.69 Å². The molecule has 10 heteroatoms. The Morgan fingerprint density at radius 1 is 1.14 bits per heavy atom. The van der Waals surface area contributed by atoms with Gasteiger partial charge >= 0.3 is 0 Å². The van der Waals surface area contributed by atoms with Gasteiger partial charge in [-0.15, -0.1) is 0 Å². The summed E-state index contributed by atoms with van der Waals surface area (Å²) < 4.78 is 5.94. The standard InChI is InChI=1S/C27H35N3O7/c1-6-7-10-37-17-9-8-16(29(2)3)14-11-13-12-15-21(30(4)5)23(32)20(26(28)35)25(34)27(15,36)24(33)18(13)22(31)19(14)17/h8-9,13,15,18,20-21,36H,6-7,10-12H2,1-5H3,(H2,28,35)/t13-,15-,18?,20?,21-,27-/m1/s1. The summed E-state index contributed by atoms with van der Waals surface area (Å²) in [7, 11) is 6.88. The van der Waals surface area contributed by atoms with Crippen molar-refractivity contribution in [2.45, 2.75) is 44.2 Å². The van der Waals surface area contributed by atoms with Crippen LogP contribution in [-0.2, 0) is 25.6 Å². The zero-order valence-electron chi connectivity index (χ0n) is 21.9. The SMILES string of the molecule is CCCCOc1ccc(N(C)C)c2c1C(=O)C1C(=O)[C@@]3(O)C(=O)C(C(N)=O)C(=O)[C@H](N(C)C)[C@H]3C[C@H]1C2. The van der Waals surface area contributed by atoms with E-state index in [4.69, 9.17) is 10.5 Å². The van der Waals surface area contributed by atoms with Gasteiger partial charge in [0.25, 0.3) is 0 Å². The number of hydrogen-bond donors (Lipinski definition) is 2. The van der Waals surface area contributed by atoms with E-state index in [9.17, 15) is 29.1 Å². The molecule has 0 radical (unpaired) electrons. The second-order valence-corrected chi connectivity index (χ2v) is 10.8. The van der Waals surface area contributed by atoms with Gasteiger partial charge in [-0.2, -0.15) is 0 Å². The van der Waals surface area contributed by atoms with Gasteiger partial charge in [-0.1, -0.05) is 13.3 Å². The van der Waals surface area contributed by atoms with Crippen LogP contribution < -0.4 is 15.4 Å². The lowest BCUT2D eigenvalue weighted by molar-refractivity contribution is -0.181. The molecule has 0 spiro atoms. The molecule has 1 amide bonds. The average molecular weight is 514 g/mol. The number of benzene rings is 1. The predicted molar refractivity (Wildman–Crippen MR) is 134 cm³/mol.